The second-order valence-corrected chi connectivity index (χ2v) is 4.74. The summed E-state index contributed by atoms with van der Waals surface area (Å²) in [6, 6.07) is -0.0372. The number of urea groups is 1. The molecule has 5 nitrogen and oxygen atoms in total. The van der Waals surface area contributed by atoms with Gasteiger partial charge >= 0.3 is 6.03 Å². The Balaban J connectivity index is 2.70. The van der Waals surface area contributed by atoms with Crippen LogP contribution in [0.5, 0.6) is 0 Å². The van der Waals surface area contributed by atoms with E-state index in [-0.39, 0.29) is 18.7 Å². The van der Waals surface area contributed by atoms with Crippen molar-refractivity contribution in [2.45, 2.75) is 25.6 Å². The van der Waals surface area contributed by atoms with Crippen molar-refractivity contribution < 1.29 is 14.6 Å². The molecule has 1 atom stereocenters. The van der Waals surface area contributed by atoms with Gasteiger partial charge in [0.05, 0.1) is 31.4 Å². The molecule has 2 amide bonds. The highest BCUT2D eigenvalue weighted by molar-refractivity contribution is 5.74. The van der Waals surface area contributed by atoms with E-state index in [2.05, 4.69) is 0 Å². The number of aliphatic hydroxyl groups excluding tert-OH is 1. The van der Waals surface area contributed by atoms with E-state index in [0.717, 1.165) is 0 Å². The number of hydrogen-bond acceptors (Lipinski definition) is 3. The minimum atomic E-state index is -0.392. The molecule has 1 aliphatic rings. The second-order valence-electron chi connectivity index (χ2n) is 4.74. The van der Waals surface area contributed by atoms with E-state index < -0.39 is 5.60 Å². The molecule has 0 bridgehead atoms. The van der Waals surface area contributed by atoms with Crippen LogP contribution in [0.15, 0.2) is 0 Å². The number of hydrogen-bond donors (Lipinski definition) is 1. The van der Waals surface area contributed by atoms with Crippen LogP contribution in [0, 0.1) is 0 Å². The van der Waals surface area contributed by atoms with E-state index in [4.69, 9.17) is 9.84 Å². The predicted octanol–water partition coefficient (Wildman–Crippen LogP) is 0.140. The van der Waals surface area contributed by atoms with Gasteiger partial charge in [-0.3, -0.25) is 0 Å². The Labute approximate surface area is 90.6 Å². The van der Waals surface area contributed by atoms with Crippen LogP contribution < -0.4 is 0 Å². The lowest BCUT2D eigenvalue weighted by atomic mass is 10.1. The fourth-order valence-electron chi connectivity index (χ4n) is 1.82. The maximum Gasteiger partial charge on any atom is 0.319 e. The van der Waals surface area contributed by atoms with Crippen LogP contribution in [0.4, 0.5) is 4.79 Å². The van der Waals surface area contributed by atoms with Crippen LogP contribution in [0.3, 0.4) is 0 Å². The summed E-state index contributed by atoms with van der Waals surface area (Å²) in [5.74, 6) is 0. The monoisotopic (exact) mass is 216 g/mol. The summed E-state index contributed by atoms with van der Waals surface area (Å²) < 4.78 is 5.62. The SMILES string of the molecule is CN(C)C(=O)N1CC(CO)OC(C)(C)C1. The van der Waals surface area contributed by atoms with Gasteiger partial charge in [-0.25, -0.2) is 4.79 Å². The standard InChI is InChI=1S/C10H20N2O3/c1-10(2)7-12(9(14)11(3)4)5-8(6-13)15-10/h8,13H,5-7H2,1-4H3. The fourth-order valence-corrected chi connectivity index (χ4v) is 1.82. The lowest BCUT2D eigenvalue weighted by Crippen LogP contribution is -2.57. The van der Waals surface area contributed by atoms with E-state index >= 15 is 0 Å². The van der Waals surface area contributed by atoms with Crippen molar-refractivity contribution in [2.75, 3.05) is 33.8 Å². The van der Waals surface area contributed by atoms with E-state index in [1.807, 2.05) is 13.8 Å². The van der Waals surface area contributed by atoms with Crippen LogP contribution in [0.1, 0.15) is 13.8 Å². The van der Waals surface area contributed by atoms with Gasteiger partial charge in [0.25, 0.3) is 0 Å². The average molecular weight is 216 g/mol. The van der Waals surface area contributed by atoms with Crippen LogP contribution in [0.25, 0.3) is 0 Å². The van der Waals surface area contributed by atoms with Crippen molar-refractivity contribution >= 4 is 6.03 Å². The molecule has 1 aliphatic heterocycles. The van der Waals surface area contributed by atoms with Gasteiger partial charge in [0.15, 0.2) is 0 Å². The molecule has 0 saturated carbocycles. The summed E-state index contributed by atoms with van der Waals surface area (Å²) in [7, 11) is 3.44. The van der Waals surface area contributed by atoms with Crippen molar-refractivity contribution in [3.05, 3.63) is 0 Å². The number of carbonyl (C=O) groups excluding carboxylic acids is 1. The number of amides is 2. The van der Waals surface area contributed by atoms with Crippen LogP contribution in [-0.4, -0.2) is 66.4 Å². The summed E-state index contributed by atoms with van der Waals surface area (Å²) in [4.78, 5) is 15.0. The van der Waals surface area contributed by atoms with Crippen molar-refractivity contribution in [3.63, 3.8) is 0 Å². The molecule has 1 unspecified atom stereocenters. The summed E-state index contributed by atoms with van der Waals surface area (Å²) in [6.45, 7) is 4.80. The smallest absolute Gasteiger partial charge is 0.319 e. The Morgan fingerprint density at radius 2 is 2.20 bits per heavy atom. The Hall–Kier alpha value is -0.810. The minimum absolute atomic E-state index is 0.0372. The zero-order chi connectivity index (χ0) is 11.6. The first-order valence-corrected chi connectivity index (χ1v) is 5.10. The second kappa shape index (κ2) is 4.37. The molecule has 1 heterocycles. The highest BCUT2D eigenvalue weighted by Crippen LogP contribution is 2.21. The van der Waals surface area contributed by atoms with Crippen molar-refractivity contribution in [2.24, 2.45) is 0 Å². The van der Waals surface area contributed by atoms with Crippen LogP contribution in [-0.2, 0) is 4.74 Å². The number of aliphatic hydroxyl groups is 1. The molecule has 1 fully saturated rings. The van der Waals surface area contributed by atoms with Gasteiger partial charge < -0.3 is 19.6 Å². The predicted molar refractivity (Wildman–Crippen MR) is 56.7 cm³/mol. The molecular formula is C10H20N2O3. The van der Waals surface area contributed by atoms with Gasteiger partial charge in [0, 0.05) is 14.1 Å². The van der Waals surface area contributed by atoms with Gasteiger partial charge in [-0.15, -0.1) is 0 Å². The fraction of sp³-hybridized carbons (Fsp3) is 0.900. The molecule has 1 N–H and O–H groups in total. The molecule has 0 aliphatic carbocycles. The van der Waals surface area contributed by atoms with E-state index in [9.17, 15) is 4.79 Å². The van der Waals surface area contributed by atoms with Crippen LogP contribution >= 0.6 is 0 Å². The Bertz CT molecular complexity index is 241. The molecule has 88 valence electrons. The van der Waals surface area contributed by atoms with Gasteiger partial charge in [-0.05, 0) is 13.8 Å². The lowest BCUT2D eigenvalue weighted by Gasteiger charge is -2.42. The number of carbonyl (C=O) groups is 1. The third-order valence-electron chi connectivity index (χ3n) is 2.34. The first kappa shape index (κ1) is 12.3. The highest BCUT2D eigenvalue weighted by atomic mass is 16.5. The molecule has 1 rings (SSSR count). The molecule has 0 radical (unpaired) electrons. The van der Waals surface area contributed by atoms with E-state index in [1.54, 1.807) is 19.0 Å². The van der Waals surface area contributed by atoms with Crippen LogP contribution in [0.2, 0.25) is 0 Å². The Morgan fingerprint density at radius 3 is 2.67 bits per heavy atom. The molecule has 0 aromatic heterocycles. The van der Waals surface area contributed by atoms with Crippen molar-refractivity contribution in [1.29, 1.82) is 0 Å². The summed E-state index contributed by atoms with van der Waals surface area (Å²) in [5.41, 5.74) is -0.392. The topological polar surface area (TPSA) is 53.0 Å². The Kier molecular flexibility index (Phi) is 3.57. The molecule has 1 saturated heterocycles. The molecule has 0 aromatic rings. The summed E-state index contributed by atoms with van der Waals surface area (Å²) in [5, 5.41) is 9.08. The van der Waals surface area contributed by atoms with E-state index in [0.29, 0.717) is 13.1 Å². The molecule has 0 aromatic carbocycles. The quantitative estimate of drug-likeness (QED) is 0.678. The van der Waals surface area contributed by atoms with E-state index in [1.165, 1.54) is 4.90 Å². The highest BCUT2D eigenvalue weighted by Gasteiger charge is 2.35. The Morgan fingerprint density at radius 1 is 1.60 bits per heavy atom. The first-order valence-electron chi connectivity index (χ1n) is 5.10. The molecular weight excluding hydrogens is 196 g/mol. The zero-order valence-corrected chi connectivity index (χ0v) is 9.86. The van der Waals surface area contributed by atoms with Gasteiger partial charge in [0.2, 0.25) is 0 Å². The maximum absolute atomic E-state index is 11.8. The van der Waals surface area contributed by atoms with Crippen molar-refractivity contribution in [3.8, 4) is 0 Å². The largest absolute Gasteiger partial charge is 0.394 e. The molecule has 5 heteroatoms. The molecule has 0 spiro atoms. The van der Waals surface area contributed by atoms with Crippen molar-refractivity contribution in [1.82, 2.24) is 9.80 Å². The summed E-state index contributed by atoms with van der Waals surface area (Å²) in [6.07, 6.45) is -0.280. The average Bonchev–Trinajstić information content (AvgIpc) is 2.13. The lowest BCUT2D eigenvalue weighted by molar-refractivity contribution is -0.139. The third kappa shape index (κ3) is 3.07. The first-order chi connectivity index (χ1) is 6.85. The number of ether oxygens (including phenoxy) is 1. The van der Waals surface area contributed by atoms with Gasteiger partial charge in [-0.2, -0.15) is 0 Å². The van der Waals surface area contributed by atoms with Gasteiger partial charge in [-0.1, -0.05) is 0 Å². The molecule has 15 heavy (non-hydrogen) atoms. The third-order valence-corrected chi connectivity index (χ3v) is 2.34. The minimum Gasteiger partial charge on any atom is -0.394 e. The van der Waals surface area contributed by atoms with Gasteiger partial charge in [0.1, 0.15) is 0 Å². The zero-order valence-electron chi connectivity index (χ0n) is 9.86. The summed E-state index contributed by atoms with van der Waals surface area (Å²) >= 11 is 0. The normalized spacial score (nSPS) is 25.1. The maximum atomic E-state index is 11.8. The number of rotatable bonds is 1. The number of nitrogens with zero attached hydrogens (tertiary/aromatic N) is 2. The number of morpholine rings is 1.